The molecule has 114 valence electrons. The molecule has 0 aliphatic heterocycles. The number of Topliss-reactive ketones (excluding diaryl/α,β-unsaturated/α-hetero) is 1. The van der Waals surface area contributed by atoms with Gasteiger partial charge in [0, 0.05) is 19.3 Å². The van der Waals surface area contributed by atoms with E-state index in [1.807, 2.05) is 0 Å². The van der Waals surface area contributed by atoms with Gasteiger partial charge < -0.3 is 10.6 Å². The van der Waals surface area contributed by atoms with Gasteiger partial charge in [0.2, 0.25) is 5.91 Å². The van der Waals surface area contributed by atoms with Crippen LogP contribution in [0.1, 0.15) is 32.6 Å². The van der Waals surface area contributed by atoms with Crippen molar-refractivity contribution in [3.05, 3.63) is 40.7 Å². The van der Waals surface area contributed by atoms with Crippen molar-refractivity contribution in [1.29, 1.82) is 0 Å². The maximum Gasteiger partial charge on any atom is 0.253 e. The molecule has 0 aromatic carbocycles. The summed E-state index contributed by atoms with van der Waals surface area (Å²) in [5.41, 5.74) is 0.907. The Bertz CT molecular complexity index is 712. The molecule has 2 heterocycles. The minimum absolute atomic E-state index is 0.143. The predicted molar refractivity (Wildman–Crippen MR) is 82.1 cm³/mol. The van der Waals surface area contributed by atoms with Gasteiger partial charge in [-0.3, -0.25) is 19.4 Å². The molecule has 8 heteroatoms. The first-order chi connectivity index (χ1) is 10.5. The Morgan fingerprint density at radius 3 is 2.73 bits per heavy atom. The number of aromatic nitrogens is 2. The van der Waals surface area contributed by atoms with Crippen molar-refractivity contribution >= 4 is 34.1 Å². The van der Waals surface area contributed by atoms with E-state index in [-0.39, 0.29) is 24.1 Å². The fraction of sp³-hybridized carbons (Fsp3) is 0.214. The third-order valence-corrected chi connectivity index (χ3v) is 3.78. The van der Waals surface area contributed by atoms with Crippen LogP contribution in [-0.4, -0.2) is 34.1 Å². The van der Waals surface area contributed by atoms with E-state index in [1.54, 1.807) is 25.3 Å². The fourth-order valence-corrected chi connectivity index (χ4v) is 2.65. The van der Waals surface area contributed by atoms with Gasteiger partial charge in [-0.05, 0) is 19.1 Å². The lowest BCUT2D eigenvalue weighted by atomic mass is 10.2. The smallest absolute Gasteiger partial charge is 0.253 e. The van der Waals surface area contributed by atoms with E-state index >= 15 is 0 Å². The number of carbonyl (C=O) groups excluding carboxylic acids is 3. The largest absolute Gasteiger partial charge is 0.344 e. The predicted octanol–water partition coefficient (Wildman–Crippen LogP) is 1.42. The van der Waals surface area contributed by atoms with Crippen LogP contribution in [0.4, 0.5) is 5.13 Å². The summed E-state index contributed by atoms with van der Waals surface area (Å²) in [6.07, 6.45) is 2.98. The van der Waals surface area contributed by atoms with Gasteiger partial charge in [0.05, 0.1) is 22.7 Å². The van der Waals surface area contributed by atoms with E-state index in [0.717, 1.165) is 11.3 Å². The van der Waals surface area contributed by atoms with E-state index in [2.05, 4.69) is 20.6 Å². The Morgan fingerprint density at radius 2 is 2.09 bits per heavy atom. The highest BCUT2D eigenvalue weighted by molar-refractivity contribution is 7.17. The van der Waals surface area contributed by atoms with Crippen molar-refractivity contribution in [1.82, 2.24) is 15.3 Å². The normalized spacial score (nSPS) is 10.1. The molecule has 2 amide bonds. The summed E-state index contributed by atoms with van der Waals surface area (Å²) < 4.78 is 0. The maximum absolute atomic E-state index is 12.1. The standard InChI is InChI=1S/C14H14N4O3S/c1-8-12(22-14(17-8)18-9(2)19)11(20)7-16-13(21)10-4-3-5-15-6-10/h3-6H,7H2,1-2H3,(H,16,21)(H,17,18,19). The molecule has 0 atom stereocenters. The number of rotatable bonds is 5. The van der Waals surface area contributed by atoms with Crippen LogP contribution in [0.5, 0.6) is 0 Å². The molecule has 2 N–H and O–H groups in total. The molecule has 0 saturated carbocycles. The van der Waals surface area contributed by atoms with Crippen LogP contribution in [0.2, 0.25) is 0 Å². The summed E-state index contributed by atoms with van der Waals surface area (Å²) in [6, 6.07) is 3.25. The van der Waals surface area contributed by atoms with Gasteiger partial charge in [-0.25, -0.2) is 4.98 Å². The number of carbonyl (C=O) groups is 3. The molecule has 2 aromatic heterocycles. The van der Waals surface area contributed by atoms with E-state index in [0.29, 0.717) is 21.3 Å². The van der Waals surface area contributed by atoms with Crippen molar-refractivity contribution in [2.45, 2.75) is 13.8 Å². The first-order valence-corrected chi connectivity index (χ1v) is 7.25. The van der Waals surface area contributed by atoms with Gasteiger partial charge in [-0.1, -0.05) is 11.3 Å². The minimum atomic E-state index is -0.370. The molecule has 0 spiro atoms. The molecule has 0 unspecified atom stereocenters. The van der Waals surface area contributed by atoms with Gasteiger partial charge in [-0.2, -0.15) is 0 Å². The average molecular weight is 318 g/mol. The molecular formula is C14H14N4O3S. The van der Waals surface area contributed by atoms with E-state index in [4.69, 9.17) is 0 Å². The highest BCUT2D eigenvalue weighted by Crippen LogP contribution is 2.22. The average Bonchev–Trinajstić information content (AvgIpc) is 2.85. The van der Waals surface area contributed by atoms with Crippen molar-refractivity contribution in [2.75, 3.05) is 11.9 Å². The zero-order valence-corrected chi connectivity index (χ0v) is 12.9. The van der Waals surface area contributed by atoms with Crippen molar-refractivity contribution < 1.29 is 14.4 Å². The lowest BCUT2D eigenvalue weighted by Crippen LogP contribution is -2.29. The molecule has 2 rings (SSSR count). The highest BCUT2D eigenvalue weighted by Gasteiger charge is 2.17. The van der Waals surface area contributed by atoms with E-state index in [9.17, 15) is 14.4 Å². The zero-order chi connectivity index (χ0) is 16.1. The summed E-state index contributed by atoms with van der Waals surface area (Å²) >= 11 is 1.09. The number of nitrogens with zero attached hydrogens (tertiary/aromatic N) is 2. The second-order valence-corrected chi connectivity index (χ2v) is 5.46. The summed E-state index contributed by atoms with van der Waals surface area (Å²) in [6.45, 7) is 2.90. The molecule has 0 bridgehead atoms. The van der Waals surface area contributed by atoms with E-state index in [1.165, 1.54) is 13.1 Å². The number of ketones is 1. The second kappa shape index (κ2) is 6.90. The van der Waals surface area contributed by atoms with E-state index < -0.39 is 0 Å². The van der Waals surface area contributed by atoms with Crippen molar-refractivity contribution in [2.24, 2.45) is 0 Å². The van der Waals surface area contributed by atoms with Crippen LogP contribution >= 0.6 is 11.3 Å². The quantitative estimate of drug-likeness (QED) is 0.812. The number of anilines is 1. The fourth-order valence-electron chi connectivity index (χ4n) is 1.70. The second-order valence-electron chi connectivity index (χ2n) is 4.46. The molecule has 0 fully saturated rings. The molecule has 7 nitrogen and oxygen atoms in total. The topological polar surface area (TPSA) is 101 Å². The molecule has 0 aliphatic carbocycles. The van der Waals surface area contributed by atoms with Crippen LogP contribution in [0.3, 0.4) is 0 Å². The lowest BCUT2D eigenvalue weighted by molar-refractivity contribution is -0.114. The van der Waals surface area contributed by atoms with Crippen LogP contribution < -0.4 is 10.6 Å². The summed E-state index contributed by atoms with van der Waals surface area (Å²) in [5.74, 6) is -0.882. The van der Waals surface area contributed by atoms with Gasteiger partial charge in [0.25, 0.3) is 5.91 Å². The monoisotopic (exact) mass is 318 g/mol. The number of hydrogen-bond donors (Lipinski definition) is 2. The maximum atomic E-state index is 12.1. The zero-order valence-electron chi connectivity index (χ0n) is 12.0. The summed E-state index contributed by atoms with van der Waals surface area (Å²) in [7, 11) is 0. The van der Waals surface area contributed by atoms with Crippen LogP contribution in [0.15, 0.2) is 24.5 Å². The van der Waals surface area contributed by atoms with Gasteiger partial charge in [0.15, 0.2) is 10.9 Å². The Morgan fingerprint density at radius 1 is 1.32 bits per heavy atom. The van der Waals surface area contributed by atoms with Crippen LogP contribution in [-0.2, 0) is 4.79 Å². The molecule has 0 saturated heterocycles. The first kappa shape index (κ1) is 15.8. The number of amides is 2. The van der Waals surface area contributed by atoms with Gasteiger partial charge >= 0.3 is 0 Å². The number of thiazole rings is 1. The Hall–Kier alpha value is -2.61. The van der Waals surface area contributed by atoms with Gasteiger partial charge in [0.1, 0.15) is 0 Å². The lowest BCUT2D eigenvalue weighted by Gasteiger charge is -2.03. The highest BCUT2D eigenvalue weighted by atomic mass is 32.1. The molecule has 22 heavy (non-hydrogen) atoms. The van der Waals surface area contributed by atoms with Crippen molar-refractivity contribution in [3.63, 3.8) is 0 Å². The summed E-state index contributed by atoms with van der Waals surface area (Å²) in [5, 5.41) is 5.44. The Kier molecular flexibility index (Phi) is 4.95. The third kappa shape index (κ3) is 3.95. The Labute approximate surface area is 130 Å². The minimum Gasteiger partial charge on any atom is -0.344 e. The first-order valence-electron chi connectivity index (χ1n) is 6.44. The Balaban J connectivity index is 1.99. The van der Waals surface area contributed by atoms with Gasteiger partial charge in [-0.15, -0.1) is 0 Å². The molecule has 0 aliphatic rings. The number of pyridine rings is 1. The summed E-state index contributed by atoms with van der Waals surface area (Å²) in [4.78, 5) is 43.3. The number of aryl methyl sites for hydroxylation is 1. The SMILES string of the molecule is CC(=O)Nc1nc(C)c(C(=O)CNC(=O)c2cccnc2)s1. The number of hydrogen-bond acceptors (Lipinski definition) is 6. The molecule has 0 radical (unpaired) electrons. The number of nitrogens with one attached hydrogen (secondary N) is 2. The van der Waals surface area contributed by atoms with Crippen LogP contribution in [0.25, 0.3) is 0 Å². The van der Waals surface area contributed by atoms with Crippen molar-refractivity contribution in [3.8, 4) is 0 Å². The third-order valence-electron chi connectivity index (χ3n) is 2.67. The molecular weight excluding hydrogens is 304 g/mol. The molecule has 2 aromatic rings. The van der Waals surface area contributed by atoms with Crippen LogP contribution in [0, 0.1) is 6.92 Å².